The van der Waals surface area contributed by atoms with E-state index in [4.69, 9.17) is 4.74 Å². The SMILES string of the molecule is CCOc1cc(N2CCC(C)(O)CC2)cc([N+](=O)[O-])c1. The van der Waals surface area contributed by atoms with Crippen LogP contribution in [-0.2, 0) is 0 Å². The summed E-state index contributed by atoms with van der Waals surface area (Å²) < 4.78 is 5.39. The van der Waals surface area contributed by atoms with Gasteiger partial charge in [-0.05, 0) is 26.7 Å². The van der Waals surface area contributed by atoms with Crippen LogP contribution in [0.2, 0.25) is 0 Å². The summed E-state index contributed by atoms with van der Waals surface area (Å²) in [5, 5.41) is 20.9. The van der Waals surface area contributed by atoms with Gasteiger partial charge in [-0.25, -0.2) is 0 Å². The number of anilines is 1. The highest BCUT2D eigenvalue weighted by atomic mass is 16.6. The Kier molecular flexibility index (Phi) is 4.13. The van der Waals surface area contributed by atoms with Crippen molar-refractivity contribution in [3.05, 3.63) is 28.3 Å². The molecule has 0 unspecified atom stereocenters. The Bertz CT molecular complexity index is 492. The predicted molar refractivity (Wildman–Crippen MR) is 76.3 cm³/mol. The summed E-state index contributed by atoms with van der Waals surface area (Å²) in [6.07, 6.45) is 1.30. The zero-order valence-corrected chi connectivity index (χ0v) is 11.8. The van der Waals surface area contributed by atoms with Crippen molar-refractivity contribution in [2.45, 2.75) is 32.3 Å². The minimum Gasteiger partial charge on any atom is -0.494 e. The molecule has 0 saturated carbocycles. The number of ether oxygens (including phenoxy) is 1. The molecule has 20 heavy (non-hydrogen) atoms. The van der Waals surface area contributed by atoms with Crippen LogP contribution in [0.25, 0.3) is 0 Å². The van der Waals surface area contributed by atoms with Gasteiger partial charge in [0.2, 0.25) is 0 Å². The Balaban J connectivity index is 2.24. The largest absolute Gasteiger partial charge is 0.494 e. The van der Waals surface area contributed by atoms with Crippen molar-refractivity contribution in [3.8, 4) is 5.75 Å². The summed E-state index contributed by atoms with van der Waals surface area (Å²) >= 11 is 0. The molecule has 1 aromatic rings. The van der Waals surface area contributed by atoms with Gasteiger partial charge in [-0.1, -0.05) is 0 Å². The van der Waals surface area contributed by atoms with Crippen LogP contribution in [0.15, 0.2) is 18.2 Å². The van der Waals surface area contributed by atoms with E-state index >= 15 is 0 Å². The van der Waals surface area contributed by atoms with Gasteiger partial charge in [0.25, 0.3) is 5.69 Å². The zero-order valence-electron chi connectivity index (χ0n) is 11.8. The first-order valence-electron chi connectivity index (χ1n) is 6.81. The molecule has 0 atom stereocenters. The Morgan fingerprint density at radius 3 is 2.60 bits per heavy atom. The number of hydrogen-bond donors (Lipinski definition) is 1. The van der Waals surface area contributed by atoms with Gasteiger partial charge in [0, 0.05) is 30.9 Å². The normalized spacial score (nSPS) is 17.9. The van der Waals surface area contributed by atoms with E-state index in [-0.39, 0.29) is 5.69 Å². The quantitative estimate of drug-likeness (QED) is 0.676. The van der Waals surface area contributed by atoms with Crippen LogP contribution in [0.5, 0.6) is 5.75 Å². The summed E-state index contributed by atoms with van der Waals surface area (Å²) in [5.74, 6) is 0.508. The minimum absolute atomic E-state index is 0.0308. The molecule has 0 aromatic heterocycles. The predicted octanol–water partition coefficient (Wildman–Crippen LogP) is 2.34. The monoisotopic (exact) mass is 280 g/mol. The molecule has 1 N–H and O–H groups in total. The molecule has 1 aliphatic rings. The highest BCUT2D eigenvalue weighted by molar-refractivity contribution is 5.58. The number of rotatable bonds is 4. The van der Waals surface area contributed by atoms with Gasteiger partial charge in [-0.3, -0.25) is 10.1 Å². The molecule has 6 heteroatoms. The second kappa shape index (κ2) is 5.66. The van der Waals surface area contributed by atoms with Crippen LogP contribution in [0.3, 0.4) is 0 Å². The Morgan fingerprint density at radius 2 is 2.05 bits per heavy atom. The molecule has 0 radical (unpaired) electrons. The van der Waals surface area contributed by atoms with Crippen LogP contribution < -0.4 is 9.64 Å². The minimum atomic E-state index is -0.639. The zero-order chi connectivity index (χ0) is 14.8. The fraction of sp³-hybridized carbons (Fsp3) is 0.571. The molecule has 0 amide bonds. The molecule has 2 rings (SSSR count). The average molecular weight is 280 g/mol. The first-order chi connectivity index (χ1) is 9.41. The molecule has 0 aliphatic carbocycles. The number of nitrogens with zero attached hydrogens (tertiary/aromatic N) is 2. The highest BCUT2D eigenvalue weighted by Crippen LogP contribution is 2.32. The number of piperidine rings is 1. The van der Waals surface area contributed by atoms with Crippen molar-refractivity contribution in [1.82, 2.24) is 0 Å². The van der Waals surface area contributed by atoms with Crippen LogP contribution in [-0.4, -0.2) is 35.3 Å². The standard InChI is InChI=1S/C14H20N2O4/c1-3-20-13-9-11(8-12(10-13)16(18)19)15-6-4-14(2,17)5-7-15/h8-10,17H,3-7H2,1-2H3. The Morgan fingerprint density at radius 1 is 1.40 bits per heavy atom. The van der Waals surface area contributed by atoms with Crippen molar-refractivity contribution >= 4 is 11.4 Å². The second-order valence-electron chi connectivity index (χ2n) is 5.36. The molecular formula is C14H20N2O4. The third kappa shape index (κ3) is 3.39. The third-order valence-corrected chi connectivity index (χ3v) is 3.60. The second-order valence-corrected chi connectivity index (χ2v) is 5.36. The molecule has 1 aromatic carbocycles. The fourth-order valence-corrected chi connectivity index (χ4v) is 2.35. The summed E-state index contributed by atoms with van der Waals surface area (Å²) in [6, 6.07) is 4.81. The maximum Gasteiger partial charge on any atom is 0.275 e. The van der Waals surface area contributed by atoms with E-state index in [1.807, 2.05) is 24.8 Å². The van der Waals surface area contributed by atoms with Crippen molar-refractivity contribution in [3.63, 3.8) is 0 Å². The van der Waals surface area contributed by atoms with Gasteiger partial charge in [0.1, 0.15) is 5.75 Å². The van der Waals surface area contributed by atoms with E-state index in [9.17, 15) is 15.2 Å². The number of nitro groups is 1. The summed E-state index contributed by atoms with van der Waals surface area (Å²) in [6.45, 7) is 5.49. The summed E-state index contributed by atoms with van der Waals surface area (Å²) in [5.41, 5.74) is 0.168. The lowest BCUT2D eigenvalue weighted by Crippen LogP contribution is -2.42. The van der Waals surface area contributed by atoms with Crippen LogP contribution in [0, 0.1) is 10.1 Å². The van der Waals surface area contributed by atoms with Crippen molar-refractivity contribution < 1.29 is 14.8 Å². The van der Waals surface area contributed by atoms with Gasteiger partial charge < -0.3 is 14.7 Å². The fourth-order valence-electron chi connectivity index (χ4n) is 2.35. The van der Waals surface area contributed by atoms with E-state index in [0.717, 1.165) is 5.69 Å². The molecule has 1 fully saturated rings. The number of aliphatic hydroxyl groups is 1. The Labute approximate surface area is 118 Å². The molecule has 1 saturated heterocycles. The summed E-state index contributed by atoms with van der Waals surface area (Å²) in [4.78, 5) is 12.6. The topological polar surface area (TPSA) is 75.8 Å². The smallest absolute Gasteiger partial charge is 0.275 e. The van der Waals surface area contributed by atoms with Gasteiger partial charge in [0.15, 0.2) is 0 Å². The van der Waals surface area contributed by atoms with Crippen molar-refractivity contribution in [1.29, 1.82) is 0 Å². The first-order valence-corrected chi connectivity index (χ1v) is 6.81. The van der Waals surface area contributed by atoms with Crippen LogP contribution in [0.4, 0.5) is 11.4 Å². The highest BCUT2D eigenvalue weighted by Gasteiger charge is 2.28. The van der Waals surface area contributed by atoms with E-state index in [1.54, 1.807) is 6.07 Å². The molecule has 0 bridgehead atoms. The van der Waals surface area contributed by atoms with Gasteiger partial charge >= 0.3 is 0 Å². The lowest BCUT2D eigenvalue weighted by molar-refractivity contribution is -0.384. The van der Waals surface area contributed by atoms with Gasteiger partial charge in [-0.15, -0.1) is 0 Å². The van der Waals surface area contributed by atoms with E-state index in [2.05, 4.69) is 0 Å². The van der Waals surface area contributed by atoms with Crippen LogP contribution in [0.1, 0.15) is 26.7 Å². The molecule has 1 heterocycles. The van der Waals surface area contributed by atoms with Gasteiger partial charge in [0.05, 0.1) is 23.2 Å². The molecule has 110 valence electrons. The number of nitro benzene ring substituents is 1. The molecular weight excluding hydrogens is 260 g/mol. The van der Waals surface area contributed by atoms with Crippen LogP contribution >= 0.6 is 0 Å². The average Bonchev–Trinajstić information content (AvgIpc) is 2.38. The third-order valence-electron chi connectivity index (χ3n) is 3.60. The first kappa shape index (κ1) is 14.6. The lowest BCUT2D eigenvalue weighted by Gasteiger charge is -2.37. The van der Waals surface area contributed by atoms with Gasteiger partial charge in [-0.2, -0.15) is 0 Å². The van der Waals surface area contributed by atoms with E-state index in [0.29, 0.717) is 38.3 Å². The summed E-state index contributed by atoms with van der Waals surface area (Å²) in [7, 11) is 0. The molecule has 6 nitrogen and oxygen atoms in total. The van der Waals surface area contributed by atoms with Crippen molar-refractivity contribution in [2.24, 2.45) is 0 Å². The number of benzene rings is 1. The number of hydrogen-bond acceptors (Lipinski definition) is 5. The number of non-ortho nitro benzene ring substituents is 1. The van der Waals surface area contributed by atoms with E-state index in [1.165, 1.54) is 6.07 Å². The molecule has 0 spiro atoms. The lowest BCUT2D eigenvalue weighted by atomic mass is 9.93. The van der Waals surface area contributed by atoms with Crippen molar-refractivity contribution in [2.75, 3.05) is 24.6 Å². The maximum absolute atomic E-state index is 11.0. The Hall–Kier alpha value is -1.82. The maximum atomic E-state index is 11.0. The van der Waals surface area contributed by atoms with E-state index < -0.39 is 10.5 Å². The molecule has 1 aliphatic heterocycles.